The second-order valence-corrected chi connectivity index (χ2v) is 8.13. The van der Waals surface area contributed by atoms with Crippen molar-refractivity contribution in [1.29, 1.82) is 0 Å². The van der Waals surface area contributed by atoms with Gasteiger partial charge in [0.25, 0.3) is 0 Å². The third kappa shape index (κ3) is 3.75. The third-order valence-corrected chi connectivity index (χ3v) is 5.68. The zero-order valence-electron chi connectivity index (χ0n) is 16.0. The standard InChI is InChI=1S/C21H28O5/c1-14(22)16-10-18(23)21(4,13-24-11-15-8-6-5-7-9-15)19(16)17-12-25-20(2,3)26-17/h5-9,16-17,19H,10-13H2,1-4H3/t16-,17-,19+,21+/m0/s1. The molecule has 1 aromatic rings. The van der Waals surface area contributed by atoms with Crippen LogP contribution >= 0.6 is 0 Å². The van der Waals surface area contributed by atoms with Crippen LogP contribution in [0, 0.1) is 17.3 Å². The maximum Gasteiger partial charge on any atom is 0.163 e. The highest BCUT2D eigenvalue weighted by Gasteiger charge is 2.58. The fourth-order valence-electron chi connectivity index (χ4n) is 4.28. The Bertz CT molecular complexity index is 668. The van der Waals surface area contributed by atoms with E-state index in [0.717, 1.165) is 5.56 Å². The van der Waals surface area contributed by atoms with Gasteiger partial charge < -0.3 is 14.2 Å². The summed E-state index contributed by atoms with van der Waals surface area (Å²) in [5.41, 5.74) is 0.308. The van der Waals surface area contributed by atoms with Gasteiger partial charge in [-0.25, -0.2) is 0 Å². The monoisotopic (exact) mass is 360 g/mol. The highest BCUT2D eigenvalue weighted by molar-refractivity contribution is 5.94. The summed E-state index contributed by atoms with van der Waals surface area (Å²) in [6, 6.07) is 9.86. The molecule has 5 nitrogen and oxygen atoms in total. The zero-order chi connectivity index (χ0) is 18.9. The Morgan fingerprint density at radius 2 is 1.92 bits per heavy atom. The molecule has 142 valence electrons. The number of benzene rings is 1. The Kier molecular flexibility index (Phi) is 5.33. The molecular weight excluding hydrogens is 332 g/mol. The van der Waals surface area contributed by atoms with Gasteiger partial charge >= 0.3 is 0 Å². The molecule has 0 amide bonds. The van der Waals surface area contributed by atoms with Crippen LogP contribution in [0.5, 0.6) is 0 Å². The molecule has 0 radical (unpaired) electrons. The van der Waals surface area contributed by atoms with Crippen molar-refractivity contribution in [3.05, 3.63) is 35.9 Å². The molecule has 1 saturated heterocycles. The van der Waals surface area contributed by atoms with Gasteiger partial charge in [-0.1, -0.05) is 37.3 Å². The highest BCUT2D eigenvalue weighted by atomic mass is 16.7. The van der Waals surface area contributed by atoms with Crippen molar-refractivity contribution in [1.82, 2.24) is 0 Å². The zero-order valence-corrected chi connectivity index (χ0v) is 16.0. The minimum absolute atomic E-state index is 0.0310. The Morgan fingerprint density at radius 1 is 1.23 bits per heavy atom. The fraction of sp³-hybridized carbons (Fsp3) is 0.619. The van der Waals surface area contributed by atoms with E-state index in [-0.39, 0.29) is 42.5 Å². The van der Waals surface area contributed by atoms with Crippen molar-refractivity contribution in [3.8, 4) is 0 Å². The van der Waals surface area contributed by atoms with Gasteiger partial charge in [-0.2, -0.15) is 0 Å². The SMILES string of the molecule is CC(=O)[C@@H]1CC(=O)[C@@](C)(COCc2ccccc2)[C@H]1[C@@H]1COC(C)(C)O1. The van der Waals surface area contributed by atoms with E-state index in [2.05, 4.69) is 0 Å². The first-order valence-corrected chi connectivity index (χ1v) is 9.20. The number of ketones is 2. The smallest absolute Gasteiger partial charge is 0.163 e. The van der Waals surface area contributed by atoms with Gasteiger partial charge in [0.1, 0.15) is 11.6 Å². The van der Waals surface area contributed by atoms with E-state index in [4.69, 9.17) is 14.2 Å². The van der Waals surface area contributed by atoms with Crippen LogP contribution in [0.1, 0.15) is 39.7 Å². The van der Waals surface area contributed by atoms with E-state index in [9.17, 15) is 9.59 Å². The van der Waals surface area contributed by atoms with Crippen LogP contribution < -0.4 is 0 Å². The average molecular weight is 360 g/mol. The lowest BCUT2D eigenvalue weighted by Gasteiger charge is -2.35. The summed E-state index contributed by atoms with van der Waals surface area (Å²) in [5.74, 6) is -1.16. The van der Waals surface area contributed by atoms with Crippen LogP contribution in [-0.4, -0.2) is 36.7 Å². The van der Waals surface area contributed by atoms with Crippen molar-refractivity contribution in [2.45, 2.75) is 52.6 Å². The molecule has 1 saturated carbocycles. The molecule has 0 aromatic heterocycles. The Morgan fingerprint density at radius 3 is 2.50 bits per heavy atom. The van der Waals surface area contributed by atoms with Gasteiger partial charge in [0.05, 0.1) is 31.3 Å². The molecule has 3 rings (SSSR count). The molecule has 1 heterocycles. The summed E-state index contributed by atoms with van der Waals surface area (Å²) in [6.45, 7) is 8.28. The minimum atomic E-state index is -0.750. The summed E-state index contributed by atoms with van der Waals surface area (Å²) in [4.78, 5) is 25.1. The van der Waals surface area contributed by atoms with Gasteiger partial charge in [0.2, 0.25) is 0 Å². The van der Waals surface area contributed by atoms with E-state index in [1.165, 1.54) is 0 Å². The van der Waals surface area contributed by atoms with E-state index in [1.54, 1.807) is 6.92 Å². The van der Waals surface area contributed by atoms with Gasteiger partial charge in [-0.15, -0.1) is 0 Å². The van der Waals surface area contributed by atoms with Crippen molar-refractivity contribution in [2.75, 3.05) is 13.2 Å². The molecule has 26 heavy (non-hydrogen) atoms. The van der Waals surface area contributed by atoms with E-state index in [0.29, 0.717) is 13.2 Å². The second-order valence-electron chi connectivity index (χ2n) is 8.13. The number of hydrogen-bond donors (Lipinski definition) is 0. The summed E-state index contributed by atoms with van der Waals surface area (Å²) in [7, 11) is 0. The molecule has 0 spiro atoms. The summed E-state index contributed by atoms with van der Waals surface area (Å²) >= 11 is 0. The van der Waals surface area contributed by atoms with Crippen LogP contribution in [0.15, 0.2) is 30.3 Å². The highest BCUT2D eigenvalue weighted by Crippen LogP contribution is 2.49. The third-order valence-electron chi connectivity index (χ3n) is 5.68. The maximum atomic E-state index is 12.9. The first-order chi connectivity index (χ1) is 12.2. The normalized spacial score (nSPS) is 33.5. The summed E-state index contributed by atoms with van der Waals surface area (Å²) in [6.07, 6.45) is -0.0263. The predicted octanol–water partition coefficient (Wildman–Crippen LogP) is 3.16. The van der Waals surface area contributed by atoms with E-state index < -0.39 is 11.2 Å². The molecule has 1 aliphatic carbocycles. The van der Waals surface area contributed by atoms with Crippen molar-refractivity contribution in [3.63, 3.8) is 0 Å². The molecular formula is C21H28O5. The number of rotatable bonds is 6. The molecule has 1 aromatic carbocycles. The number of hydrogen-bond acceptors (Lipinski definition) is 5. The molecule has 0 N–H and O–H groups in total. The van der Waals surface area contributed by atoms with Crippen molar-refractivity contribution in [2.24, 2.45) is 17.3 Å². The molecule has 0 bridgehead atoms. The minimum Gasteiger partial charge on any atom is -0.376 e. The molecule has 2 aliphatic rings. The lowest BCUT2D eigenvalue weighted by Crippen LogP contribution is -2.44. The van der Waals surface area contributed by atoms with Crippen LogP contribution in [0.3, 0.4) is 0 Å². The van der Waals surface area contributed by atoms with E-state index >= 15 is 0 Å². The van der Waals surface area contributed by atoms with Gasteiger partial charge in [0.15, 0.2) is 5.79 Å². The predicted molar refractivity (Wildman–Crippen MR) is 96.4 cm³/mol. The number of Topliss-reactive ketones (excluding diaryl/α,β-unsaturated/α-hetero) is 2. The van der Waals surface area contributed by atoms with Gasteiger partial charge in [0, 0.05) is 18.3 Å². The number of ether oxygens (including phenoxy) is 3. The van der Waals surface area contributed by atoms with Crippen molar-refractivity contribution < 1.29 is 23.8 Å². The van der Waals surface area contributed by atoms with Gasteiger partial charge in [-0.05, 0) is 26.3 Å². The summed E-state index contributed by atoms with van der Waals surface area (Å²) < 4.78 is 17.7. The van der Waals surface area contributed by atoms with Crippen LogP contribution in [-0.2, 0) is 30.4 Å². The molecule has 5 heteroatoms. The maximum absolute atomic E-state index is 12.9. The summed E-state index contributed by atoms with van der Waals surface area (Å²) in [5, 5.41) is 0. The number of carbonyl (C=O) groups is 2. The average Bonchev–Trinajstić information content (AvgIpc) is 3.06. The Hall–Kier alpha value is -1.56. The topological polar surface area (TPSA) is 61.8 Å². The van der Waals surface area contributed by atoms with Crippen LogP contribution in [0.25, 0.3) is 0 Å². The van der Waals surface area contributed by atoms with Gasteiger partial charge in [-0.3, -0.25) is 9.59 Å². The second kappa shape index (κ2) is 7.22. The molecule has 0 unspecified atom stereocenters. The first kappa shape index (κ1) is 19.2. The van der Waals surface area contributed by atoms with Crippen LogP contribution in [0.2, 0.25) is 0 Å². The number of carbonyl (C=O) groups excluding carboxylic acids is 2. The largest absolute Gasteiger partial charge is 0.376 e. The Labute approximate surface area is 155 Å². The molecule has 4 atom stereocenters. The lowest BCUT2D eigenvalue weighted by atomic mass is 9.73. The molecule has 1 aliphatic heterocycles. The fourth-order valence-corrected chi connectivity index (χ4v) is 4.28. The lowest BCUT2D eigenvalue weighted by molar-refractivity contribution is -0.159. The molecule has 2 fully saturated rings. The first-order valence-electron chi connectivity index (χ1n) is 9.20. The van der Waals surface area contributed by atoms with Crippen molar-refractivity contribution >= 4 is 11.6 Å². The Balaban J connectivity index is 1.77. The quantitative estimate of drug-likeness (QED) is 0.780. The van der Waals surface area contributed by atoms with E-state index in [1.807, 2.05) is 51.1 Å². The van der Waals surface area contributed by atoms with Crippen LogP contribution in [0.4, 0.5) is 0 Å².